The molecule has 1 saturated heterocycles. The summed E-state index contributed by atoms with van der Waals surface area (Å²) in [5.41, 5.74) is 2.12. The second kappa shape index (κ2) is 4.98. The third kappa shape index (κ3) is 1.98. The van der Waals surface area contributed by atoms with Crippen LogP contribution < -0.4 is 5.32 Å². The first-order chi connectivity index (χ1) is 10.3. The Balaban J connectivity index is 1.93. The van der Waals surface area contributed by atoms with Gasteiger partial charge in [0.2, 0.25) is 5.96 Å². The van der Waals surface area contributed by atoms with Crippen LogP contribution in [0.25, 0.3) is 0 Å². The Labute approximate surface area is 130 Å². The molecule has 0 aromatic heterocycles. The van der Waals surface area contributed by atoms with Gasteiger partial charge in [-0.2, -0.15) is 0 Å². The summed E-state index contributed by atoms with van der Waals surface area (Å²) >= 11 is 0. The molecule has 3 aliphatic rings. The SMILES string of the molecule is CC1=C(C)N2C(=NC3C2C(=O)NC(=O)N3C)N1CCN(C)C. The summed E-state index contributed by atoms with van der Waals surface area (Å²) < 4.78 is 0. The number of guanidine groups is 1. The van der Waals surface area contributed by atoms with Gasteiger partial charge in [-0.3, -0.25) is 15.0 Å². The van der Waals surface area contributed by atoms with Gasteiger partial charge in [0.25, 0.3) is 5.91 Å². The summed E-state index contributed by atoms with van der Waals surface area (Å²) in [7, 11) is 5.72. The first-order valence-electron chi connectivity index (χ1n) is 7.37. The van der Waals surface area contributed by atoms with Gasteiger partial charge >= 0.3 is 6.03 Å². The fraction of sp³-hybridized carbons (Fsp3) is 0.643. The number of carbonyl (C=O) groups excluding carboxylic acids is 2. The highest BCUT2D eigenvalue weighted by atomic mass is 16.2. The number of amides is 3. The monoisotopic (exact) mass is 306 g/mol. The van der Waals surface area contributed by atoms with E-state index in [0.717, 1.165) is 30.4 Å². The van der Waals surface area contributed by atoms with E-state index in [4.69, 9.17) is 0 Å². The molecular formula is C14H22N6O2. The van der Waals surface area contributed by atoms with Crippen molar-refractivity contribution in [1.82, 2.24) is 24.9 Å². The minimum Gasteiger partial charge on any atom is -0.313 e. The molecule has 3 rings (SSSR count). The summed E-state index contributed by atoms with van der Waals surface area (Å²) in [5.74, 6) is 0.483. The van der Waals surface area contributed by atoms with Crippen LogP contribution in [0.1, 0.15) is 13.8 Å². The zero-order chi connectivity index (χ0) is 16.2. The summed E-state index contributed by atoms with van der Waals surface area (Å²) in [6, 6.07) is -0.869. The largest absolute Gasteiger partial charge is 0.325 e. The second-order valence-corrected chi connectivity index (χ2v) is 6.19. The van der Waals surface area contributed by atoms with Crippen LogP contribution >= 0.6 is 0 Å². The molecule has 0 spiro atoms. The topological polar surface area (TPSA) is 71.5 Å². The lowest BCUT2D eigenvalue weighted by Gasteiger charge is -2.35. The van der Waals surface area contributed by atoms with Crippen molar-refractivity contribution >= 4 is 17.9 Å². The van der Waals surface area contributed by atoms with Crippen LogP contribution in [0, 0.1) is 0 Å². The first-order valence-corrected chi connectivity index (χ1v) is 7.37. The lowest BCUT2D eigenvalue weighted by atomic mass is 10.1. The molecule has 1 N–H and O–H groups in total. The maximum atomic E-state index is 12.3. The van der Waals surface area contributed by atoms with Crippen molar-refractivity contribution in [3.8, 4) is 0 Å². The zero-order valence-electron chi connectivity index (χ0n) is 13.6. The molecule has 3 amide bonds. The standard InChI is InChI=1S/C14H22N6O2/c1-8-9(2)20-10-11(18(5)14(22)16-12(10)21)15-13(20)19(8)7-6-17(3)4/h10-11H,6-7H2,1-5H3,(H,16,21,22). The van der Waals surface area contributed by atoms with Gasteiger partial charge in [-0.05, 0) is 27.9 Å². The van der Waals surface area contributed by atoms with Crippen LogP contribution in [0.3, 0.4) is 0 Å². The van der Waals surface area contributed by atoms with Gasteiger partial charge in [-0.1, -0.05) is 0 Å². The molecule has 0 radical (unpaired) electrons. The number of urea groups is 1. The number of imide groups is 1. The Hall–Kier alpha value is -2.09. The fourth-order valence-corrected chi connectivity index (χ4v) is 3.09. The normalized spacial score (nSPS) is 27.5. The minimum atomic E-state index is -0.475. The van der Waals surface area contributed by atoms with E-state index in [9.17, 15) is 9.59 Å². The second-order valence-electron chi connectivity index (χ2n) is 6.19. The van der Waals surface area contributed by atoms with Crippen LogP contribution in [-0.4, -0.2) is 83.9 Å². The van der Waals surface area contributed by atoms with Crippen LogP contribution in [0.5, 0.6) is 0 Å². The van der Waals surface area contributed by atoms with E-state index in [1.807, 2.05) is 32.8 Å². The number of allylic oxidation sites excluding steroid dienone is 2. The number of nitrogens with one attached hydrogen (secondary N) is 1. The Morgan fingerprint density at radius 3 is 2.55 bits per heavy atom. The molecule has 3 aliphatic heterocycles. The van der Waals surface area contributed by atoms with E-state index in [2.05, 4.69) is 20.1 Å². The lowest BCUT2D eigenvalue weighted by Crippen LogP contribution is -2.63. The lowest BCUT2D eigenvalue weighted by molar-refractivity contribution is -0.126. The van der Waals surface area contributed by atoms with E-state index in [0.29, 0.717) is 0 Å². The van der Waals surface area contributed by atoms with Gasteiger partial charge in [-0.15, -0.1) is 0 Å². The van der Waals surface area contributed by atoms with Crippen LogP contribution in [-0.2, 0) is 4.79 Å². The molecular weight excluding hydrogens is 284 g/mol. The molecule has 0 aromatic rings. The van der Waals surface area contributed by atoms with Crippen LogP contribution in [0.2, 0.25) is 0 Å². The van der Waals surface area contributed by atoms with Crippen molar-refractivity contribution in [2.24, 2.45) is 4.99 Å². The number of fused-ring (bicyclic) bond motifs is 3. The zero-order valence-corrected chi connectivity index (χ0v) is 13.6. The third-order valence-electron chi connectivity index (χ3n) is 4.54. The Morgan fingerprint density at radius 1 is 1.23 bits per heavy atom. The number of likely N-dealkylation sites (N-methyl/N-ethyl adjacent to an activating group) is 2. The average molecular weight is 306 g/mol. The molecule has 0 aromatic carbocycles. The third-order valence-corrected chi connectivity index (χ3v) is 4.54. The summed E-state index contributed by atoms with van der Waals surface area (Å²) in [5, 5.41) is 2.40. The van der Waals surface area contributed by atoms with Gasteiger partial charge in [0.15, 0.2) is 12.2 Å². The first kappa shape index (κ1) is 14.8. The van der Waals surface area contributed by atoms with Crippen molar-refractivity contribution in [3.63, 3.8) is 0 Å². The summed E-state index contributed by atoms with van der Waals surface area (Å²) in [4.78, 5) is 36.4. The Kier molecular flexibility index (Phi) is 3.36. The quantitative estimate of drug-likeness (QED) is 0.772. The number of rotatable bonds is 3. The van der Waals surface area contributed by atoms with Gasteiger partial charge in [0.05, 0.1) is 0 Å². The van der Waals surface area contributed by atoms with Crippen molar-refractivity contribution in [2.75, 3.05) is 34.2 Å². The predicted molar refractivity (Wildman–Crippen MR) is 81.8 cm³/mol. The maximum Gasteiger partial charge on any atom is 0.325 e. The van der Waals surface area contributed by atoms with Crippen molar-refractivity contribution in [3.05, 3.63) is 11.4 Å². The van der Waals surface area contributed by atoms with Crippen LogP contribution in [0.4, 0.5) is 4.79 Å². The van der Waals surface area contributed by atoms with Gasteiger partial charge in [0, 0.05) is 31.5 Å². The van der Waals surface area contributed by atoms with Crippen molar-refractivity contribution in [1.29, 1.82) is 0 Å². The summed E-state index contributed by atoms with van der Waals surface area (Å²) in [6.07, 6.45) is -0.457. The van der Waals surface area contributed by atoms with Gasteiger partial charge in [0.1, 0.15) is 0 Å². The molecule has 8 heteroatoms. The van der Waals surface area contributed by atoms with Gasteiger partial charge in [-0.25, -0.2) is 9.79 Å². The molecule has 2 unspecified atom stereocenters. The number of carbonyl (C=O) groups is 2. The molecule has 1 fully saturated rings. The molecule has 120 valence electrons. The van der Waals surface area contributed by atoms with Gasteiger partial charge < -0.3 is 14.7 Å². The molecule has 2 atom stereocenters. The highest BCUT2D eigenvalue weighted by Gasteiger charge is 2.52. The van der Waals surface area contributed by atoms with Crippen LogP contribution in [0.15, 0.2) is 16.4 Å². The fourth-order valence-electron chi connectivity index (χ4n) is 3.09. The van der Waals surface area contributed by atoms with E-state index in [1.165, 1.54) is 4.90 Å². The minimum absolute atomic E-state index is 0.284. The summed E-state index contributed by atoms with van der Waals surface area (Å²) in [6.45, 7) is 5.71. The number of hydrogen-bond acceptors (Lipinski definition) is 6. The van der Waals surface area contributed by atoms with Crippen molar-refractivity contribution in [2.45, 2.75) is 26.1 Å². The highest BCUT2D eigenvalue weighted by Crippen LogP contribution is 2.35. The Bertz CT molecular complexity index is 596. The Morgan fingerprint density at radius 2 is 1.91 bits per heavy atom. The smallest absolute Gasteiger partial charge is 0.313 e. The van der Waals surface area contributed by atoms with Crippen molar-refractivity contribution < 1.29 is 9.59 Å². The molecule has 8 nitrogen and oxygen atoms in total. The molecule has 22 heavy (non-hydrogen) atoms. The molecule has 0 bridgehead atoms. The molecule has 3 heterocycles. The molecule has 0 aliphatic carbocycles. The average Bonchev–Trinajstić information content (AvgIpc) is 2.93. The van der Waals surface area contributed by atoms with E-state index < -0.39 is 18.2 Å². The number of hydrogen-bond donors (Lipinski definition) is 1. The maximum absolute atomic E-state index is 12.3. The number of nitrogens with zero attached hydrogens (tertiary/aromatic N) is 5. The molecule has 0 saturated carbocycles. The van der Waals surface area contributed by atoms with E-state index >= 15 is 0 Å². The predicted octanol–water partition coefficient (Wildman–Crippen LogP) is -0.337. The van der Waals surface area contributed by atoms with E-state index in [-0.39, 0.29) is 5.91 Å². The highest BCUT2D eigenvalue weighted by molar-refractivity contribution is 6.05. The number of aliphatic imine (C=N–C) groups is 1. The van der Waals surface area contributed by atoms with E-state index in [1.54, 1.807) is 7.05 Å².